The molecule has 4 rings (SSSR count). The Balaban J connectivity index is 1.92. The van der Waals surface area contributed by atoms with Crippen LogP contribution in [0.25, 0.3) is 28.1 Å². The van der Waals surface area contributed by atoms with Gasteiger partial charge in [-0.15, -0.1) is 5.10 Å². The first-order chi connectivity index (χ1) is 11.7. The molecule has 24 heavy (non-hydrogen) atoms. The largest absolute Gasteiger partial charge is 0.497 e. The summed E-state index contributed by atoms with van der Waals surface area (Å²) in [6.45, 7) is 0. The van der Waals surface area contributed by atoms with Crippen molar-refractivity contribution in [1.82, 2.24) is 24.5 Å². The maximum atomic E-state index is 14.4. The summed E-state index contributed by atoms with van der Waals surface area (Å²) >= 11 is 0. The number of methoxy groups -OCH3 is 1. The number of nitrogens with zero attached hydrogens (tertiary/aromatic N) is 5. The molecule has 0 fully saturated rings. The summed E-state index contributed by atoms with van der Waals surface area (Å²) in [7, 11) is 3.33. The fourth-order valence-corrected chi connectivity index (χ4v) is 2.74. The Hall–Kier alpha value is -3.22. The first kappa shape index (κ1) is 14.4. The van der Waals surface area contributed by atoms with E-state index in [1.54, 1.807) is 29.2 Å². The molecule has 2 heterocycles. The summed E-state index contributed by atoms with van der Waals surface area (Å²) < 4.78 is 23.0. The van der Waals surface area contributed by atoms with E-state index in [2.05, 4.69) is 15.3 Å². The molecule has 0 saturated carbocycles. The molecule has 0 radical (unpaired) electrons. The van der Waals surface area contributed by atoms with E-state index < -0.39 is 5.82 Å². The highest BCUT2D eigenvalue weighted by Gasteiger charge is 2.16. The van der Waals surface area contributed by atoms with E-state index in [4.69, 9.17) is 4.74 Å². The molecule has 4 aromatic rings. The maximum Gasteiger partial charge on any atom is 0.147 e. The molecule has 0 N–H and O–H groups in total. The predicted molar refractivity (Wildman–Crippen MR) is 87.6 cm³/mol. The molecule has 0 aliphatic rings. The molecule has 0 bridgehead atoms. The van der Waals surface area contributed by atoms with Gasteiger partial charge in [0.05, 0.1) is 23.9 Å². The third kappa shape index (κ3) is 2.13. The van der Waals surface area contributed by atoms with Crippen LogP contribution in [-0.4, -0.2) is 31.7 Å². The van der Waals surface area contributed by atoms with Gasteiger partial charge in [0.1, 0.15) is 22.9 Å². The van der Waals surface area contributed by atoms with Gasteiger partial charge in [-0.05, 0) is 24.3 Å². The molecule has 0 atom stereocenters. The van der Waals surface area contributed by atoms with Crippen molar-refractivity contribution in [3.8, 4) is 22.8 Å². The topological polar surface area (TPSA) is 57.8 Å². The Bertz CT molecular complexity index is 1040. The Labute approximate surface area is 137 Å². The SMILES string of the molecule is COc1ccc(-c2nccn2-c2cccc3c2nnn3C)c(F)c1. The highest BCUT2D eigenvalue weighted by atomic mass is 19.1. The van der Waals surface area contributed by atoms with Crippen molar-refractivity contribution in [3.05, 3.63) is 54.6 Å². The molecule has 0 amide bonds. The molecule has 2 aromatic heterocycles. The summed E-state index contributed by atoms with van der Waals surface area (Å²) in [6.07, 6.45) is 3.41. The average molecular weight is 323 g/mol. The lowest BCUT2D eigenvalue weighted by Gasteiger charge is -2.10. The molecular weight excluding hydrogens is 309 g/mol. The van der Waals surface area contributed by atoms with Gasteiger partial charge in [-0.2, -0.15) is 0 Å². The van der Waals surface area contributed by atoms with E-state index >= 15 is 0 Å². The Morgan fingerprint density at radius 3 is 2.83 bits per heavy atom. The lowest BCUT2D eigenvalue weighted by Crippen LogP contribution is -1.99. The minimum absolute atomic E-state index is 0.390. The van der Waals surface area contributed by atoms with Crippen molar-refractivity contribution >= 4 is 11.0 Å². The quantitative estimate of drug-likeness (QED) is 0.581. The van der Waals surface area contributed by atoms with Crippen molar-refractivity contribution in [1.29, 1.82) is 0 Å². The van der Waals surface area contributed by atoms with Gasteiger partial charge in [0.2, 0.25) is 0 Å². The Kier molecular flexibility index (Phi) is 3.26. The zero-order chi connectivity index (χ0) is 16.7. The summed E-state index contributed by atoms with van der Waals surface area (Å²) in [5.74, 6) is 0.562. The summed E-state index contributed by atoms with van der Waals surface area (Å²) in [5.41, 5.74) is 2.81. The van der Waals surface area contributed by atoms with Crippen LogP contribution in [0.3, 0.4) is 0 Å². The predicted octanol–water partition coefficient (Wildman–Crippen LogP) is 2.97. The number of aromatic nitrogens is 5. The molecule has 0 unspecified atom stereocenters. The summed E-state index contributed by atoms with van der Waals surface area (Å²) in [5, 5.41) is 8.26. The highest BCUT2D eigenvalue weighted by Crippen LogP contribution is 2.29. The first-order valence-electron chi connectivity index (χ1n) is 7.35. The fraction of sp³-hybridized carbons (Fsp3) is 0.118. The van der Waals surface area contributed by atoms with Gasteiger partial charge in [0.15, 0.2) is 0 Å². The first-order valence-corrected chi connectivity index (χ1v) is 7.35. The molecule has 2 aromatic carbocycles. The molecule has 0 aliphatic carbocycles. The maximum absolute atomic E-state index is 14.4. The molecule has 0 spiro atoms. The van der Waals surface area contributed by atoms with Gasteiger partial charge in [0, 0.05) is 25.5 Å². The summed E-state index contributed by atoms with van der Waals surface area (Å²) in [4.78, 5) is 4.32. The number of ether oxygens (including phenoxy) is 1. The zero-order valence-corrected chi connectivity index (χ0v) is 13.1. The number of hydrogen-bond donors (Lipinski definition) is 0. The zero-order valence-electron chi connectivity index (χ0n) is 13.1. The minimum Gasteiger partial charge on any atom is -0.497 e. The Morgan fingerprint density at radius 2 is 2.04 bits per heavy atom. The monoisotopic (exact) mass is 323 g/mol. The van der Waals surface area contributed by atoms with Gasteiger partial charge in [-0.1, -0.05) is 11.3 Å². The Morgan fingerprint density at radius 1 is 1.17 bits per heavy atom. The number of imidazole rings is 1. The second-order valence-electron chi connectivity index (χ2n) is 5.32. The van der Waals surface area contributed by atoms with Crippen molar-refractivity contribution in [2.75, 3.05) is 7.11 Å². The van der Waals surface area contributed by atoms with E-state index in [0.717, 1.165) is 16.7 Å². The third-order valence-corrected chi connectivity index (χ3v) is 3.94. The smallest absolute Gasteiger partial charge is 0.147 e. The van der Waals surface area contributed by atoms with Crippen LogP contribution in [-0.2, 0) is 7.05 Å². The number of aryl methyl sites for hydroxylation is 1. The minimum atomic E-state index is -0.395. The second-order valence-corrected chi connectivity index (χ2v) is 5.32. The summed E-state index contributed by atoms with van der Waals surface area (Å²) in [6, 6.07) is 10.5. The fourth-order valence-electron chi connectivity index (χ4n) is 2.74. The van der Waals surface area contributed by atoms with Gasteiger partial charge in [-0.3, -0.25) is 4.57 Å². The number of halogens is 1. The molecule has 0 aliphatic heterocycles. The number of rotatable bonds is 3. The van der Waals surface area contributed by atoms with Crippen LogP contribution < -0.4 is 4.74 Å². The van der Waals surface area contributed by atoms with Crippen LogP contribution in [0.5, 0.6) is 5.75 Å². The van der Waals surface area contributed by atoms with Crippen molar-refractivity contribution < 1.29 is 9.13 Å². The van der Waals surface area contributed by atoms with Crippen LogP contribution in [0.4, 0.5) is 4.39 Å². The van der Waals surface area contributed by atoms with Gasteiger partial charge in [0.25, 0.3) is 0 Å². The van der Waals surface area contributed by atoms with Crippen LogP contribution >= 0.6 is 0 Å². The van der Waals surface area contributed by atoms with E-state index in [1.165, 1.54) is 13.2 Å². The van der Waals surface area contributed by atoms with Crippen LogP contribution in [0.1, 0.15) is 0 Å². The van der Waals surface area contributed by atoms with Crippen molar-refractivity contribution in [3.63, 3.8) is 0 Å². The van der Waals surface area contributed by atoms with E-state index in [0.29, 0.717) is 17.1 Å². The number of hydrogen-bond acceptors (Lipinski definition) is 4. The third-order valence-electron chi connectivity index (χ3n) is 3.94. The van der Waals surface area contributed by atoms with E-state index in [1.807, 2.05) is 29.8 Å². The van der Waals surface area contributed by atoms with Gasteiger partial charge in [-0.25, -0.2) is 14.1 Å². The number of fused-ring (bicyclic) bond motifs is 1. The van der Waals surface area contributed by atoms with Gasteiger partial charge < -0.3 is 4.74 Å². The molecule has 6 nitrogen and oxygen atoms in total. The van der Waals surface area contributed by atoms with Crippen LogP contribution in [0, 0.1) is 5.82 Å². The van der Waals surface area contributed by atoms with E-state index in [-0.39, 0.29) is 0 Å². The lowest BCUT2D eigenvalue weighted by molar-refractivity contribution is 0.411. The van der Waals surface area contributed by atoms with Crippen LogP contribution in [0.15, 0.2) is 48.8 Å². The van der Waals surface area contributed by atoms with Crippen molar-refractivity contribution in [2.24, 2.45) is 7.05 Å². The molecule has 0 saturated heterocycles. The van der Waals surface area contributed by atoms with Crippen LogP contribution in [0.2, 0.25) is 0 Å². The average Bonchev–Trinajstić information content (AvgIpc) is 3.22. The molecular formula is C17H14FN5O. The van der Waals surface area contributed by atoms with E-state index in [9.17, 15) is 4.39 Å². The molecule has 7 heteroatoms. The highest BCUT2D eigenvalue weighted by molar-refractivity contribution is 5.84. The lowest BCUT2D eigenvalue weighted by atomic mass is 10.1. The molecule has 120 valence electrons. The van der Waals surface area contributed by atoms with Gasteiger partial charge >= 0.3 is 0 Å². The standard InChI is InChI=1S/C17H14FN5O/c1-22-14-4-3-5-15(16(14)20-21-22)23-9-8-19-17(23)12-7-6-11(24-2)10-13(12)18/h3-10H,1-2H3. The number of benzene rings is 2. The van der Waals surface area contributed by atoms with Crippen molar-refractivity contribution in [2.45, 2.75) is 0 Å². The second kappa shape index (κ2) is 5.45. The normalized spacial score (nSPS) is 11.1.